The summed E-state index contributed by atoms with van der Waals surface area (Å²) in [5, 5.41) is 18.3. The zero-order chi connectivity index (χ0) is 10.1. The smallest absolute Gasteiger partial charge is 0.306 e. The summed E-state index contributed by atoms with van der Waals surface area (Å²) >= 11 is 0. The molecular weight excluding hydrogens is 172 g/mol. The number of Topliss-reactive ketones (excluding diaryl/α,β-unsaturated/α-hetero) is 1. The minimum atomic E-state index is -1.30. The molecule has 0 aliphatic heterocycles. The fraction of sp³-hybridized carbons (Fsp3) is 0.778. The molecule has 0 radical (unpaired) electrons. The first-order valence-electron chi connectivity index (χ1n) is 4.37. The van der Waals surface area contributed by atoms with Crippen molar-refractivity contribution in [2.45, 2.75) is 38.2 Å². The van der Waals surface area contributed by atoms with Crippen LogP contribution in [0.5, 0.6) is 0 Å². The summed E-state index contributed by atoms with van der Waals surface area (Å²) in [6, 6.07) is 0. The summed E-state index contributed by atoms with van der Waals surface area (Å²) in [6.45, 7) is 1.85. The van der Waals surface area contributed by atoms with Crippen LogP contribution in [0.4, 0.5) is 0 Å². The minimum Gasteiger partial charge on any atom is -0.481 e. The Hall–Kier alpha value is -0.900. The fourth-order valence-electron chi connectivity index (χ4n) is 2.04. The van der Waals surface area contributed by atoms with E-state index in [4.69, 9.17) is 5.11 Å². The molecule has 1 saturated carbocycles. The summed E-state index contributed by atoms with van der Waals surface area (Å²) in [5.74, 6) is -1.00. The summed E-state index contributed by atoms with van der Waals surface area (Å²) in [6.07, 6.45) is 0.527. The van der Waals surface area contributed by atoms with Gasteiger partial charge in [0.2, 0.25) is 0 Å². The second-order valence-corrected chi connectivity index (χ2v) is 4.02. The molecule has 1 aliphatic rings. The lowest BCUT2D eigenvalue weighted by Gasteiger charge is -2.33. The van der Waals surface area contributed by atoms with Crippen molar-refractivity contribution in [3.05, 3.63) is 0 Å². The number of carbonyl (C=O) groups is 2. The molecule has 0 aromatic rings. The Kier molecular flexibility index (Phi) is 2.71. The Labute approximate surface area is 76.6 Å². The monoisotopic (exact) mass is 186 g/mol. The van der Waals surface area contributed by atoms with E-state index in [1.54, 1.807) is 0 Å². The predicted molar refractivity (Wildman–Crippen MR) is 45.2 cm³/mol. The number of aliphatic hydroxyl groups is 1. The topological polar surface area (TPSA) is 74.6 Å². The number of hydrogen-bond acceptors (Lipinski definition) is 3. The van der Waals surface area contributed by atoms with Crippen LogP contribution in [-0.4, -0.2) is 27.6 Å². The van der Waals surface area contributed by atoms with E-state index in [9.17, 15) is 14.7 Å². The molecule has 0 aromatic carbocycles. The number of aliphatic carboxylic acids is 1. The average molecular weight is 186 g/mol. The molecule has 2 N–H and O–H groups in total. The molecule has 13 heavy (non-hydrogen) atoms. The van der Waals surface area contributed by atoms with Crippen molar-refractivity contribution in [3.63, 3.8) is 0 Å². The third-order valence-corrected chi connectivity index (χ3v) is 2.31. The number of ketones is 1. The zero-order valence-corrected chi connectivity index (χ0v) is 7.62. The van der Waals surface area contributed by atoms with E-state index >= 15 is 0 Å². The molecule has 0 amide bonds. The molecule has 4 heteroatoms. The molecule has 0 bridgehead atoms. The number of carboxylic acid groups (broad SMARTS) is 1. The number of hydrogen-bond donors (Lipinski definition) is 2. The molecule has 1 rings (SSSR count). The van der Waals surface area contributed by atoms with E-state index in [0.29, 0.717) is 12.8 Å². The first-order chi connectivity index (χ1) is 5.91. The van der Waals surface area contributed by atoms with Gasteiger partial charge in [0.1, 0.15) is 5.78 Å². The van der Waals surface area contributed by atoms with Crippen LogP contribution in [-0.2, 0) is 9.59 Å². The lowest BCUT2D eigenvalue weighted by Crippen LogP contribution is -2.40. The van der Waals surface area contributed by atoms with Crippen LogP contribution in [0.2, 0.25) is 0 Å². The highest BCUT2D eigenvalue weighted by Crippen LogP contribution is 2.32. The largest absolute Gasteiger partial charge is 0.481 e. The maximum Gasteiger partial charge on any atom is 0.306 e. The van der Waals surface area contributed by atoms with Crippen LogP contribution in [0.25, 0.3) is 0 Å². The van der Waals surface area contributed by atoms with Gasteiger partial charge in [-0.2, -0.15) is 0 Å². The van der Waals surface area contributed by atoms with Crippen LogP contribution >= 0.6 is 0 Å². The molecule has 1 aliphatic carbocycles. The van der Waals surface area contributed by atoms with Gasteiger partial charge in [-0.3, -0.25) is 9.59 Å². The molecule has 0 spiro atoms. The molecule has 2 unspecified atom stereocenters. The average Bonchev–Trinajstić information content (AvgIpc) is 1.77. The zero-order valence-electron chi connectivity index (χ0n) is 7.62. The Bertz CT molecular complexity index is 232. The lowest BCUT2D eigenvalue weighted by molar-refractivity contribution is -0.146. The van der Waals surface area contributed by atoms with Gasteiger partial charge in [0.05, 0.1) is 12.0 Å². The SMILES string of the molecule is CC1CC(=O)CC(O)(CC(=O)O)C1. The van der Waals surface area contributed by atoms with Crippen LogP contribution < -0.4 is 0 Å². The molecule has 74 valence electrons. The van der Waals surface area contributed by atoms with Gasteiger partial charge < -0.3 is 10.2 Å². The number of carboxylic acids is 1. The van der Waals surface area contributed by atoms with Gasteiger partial charge in [-0.1, -0.05) is 6.92 Å². The second kappa shape index (κ2) is 3.46. The van der Waals surface area contributed by atoms with Crippen molar-refractivity contribution in [2.24, 2.45) is 5.92 Å². The van der Waals surface area contributed by atoms with E-state index in [1.165, 1.54) is 0 Å². The van der Waals surface area contributed by atoms with Crippen molar-refractivity contribution >= 4 is 11.8 Å². The van der Waals surface area contributed by atoms with E-state index in [-0.39, 0.29) is 24.5 Å². The van der Waals surface area contributed by atoms with Crippen LogP contribution in [0, 0.1) is 5.92 Å². The minimum absolute atomic E-state index is 0.0103. The van der Waals surface area contributed by atoms with Gasteiger partial charge in [0.15, 0.2) is 0 Å². The van der Waals surface area contributed by atoms with Crippen molar-refractivity contribution in [1.82, 2.24) is 0 Å². The summed E-state index contributed by atoms with van der Waals surface area (Å²) in [5.41, 5.74) is -1.30. The number of rotatable bonds is 2. The maximum absolute atomic E-state index is 11.1. The molecule has 0 heterocycles. The predicted octanol–water partition coefficient (Wildman–Crippen LogP) is 0.581. The van der Waals surface area contributed by atoms with Gasteiger partial charge in [0.25, 0.3) is 0 Å². The third kappa shape index (κ3) is 2.81. The van der Waals surface area contributed by atoms with E-state index in [1.807, 2.05) is 6.92 Å². The normalized spacial score (nSPS) is 34.6. The summed E-state index contributed by atoms with van der Waals surface area (Å²) < 4.78 is 0. The Morgan fingerprint density at radius 2 is 2.31 bits per heavy atom. The number of carbonyl (C=O) groups excluding carboxylic acids is 1. The third-order valence-electron chi connectivity index (χ3n) is 2.31. The molecule has 2 atom stereocenters. The highest BCUT2D eigenvalue weighted by molar-refractivity contribution is 5.81. The van der Waals surface area contributed by atoms with Crippen molar-refractivity contribution in [3.8, 4) is 0 Å². The van der Waals surface area contributed by atoms with Crippen LogP contribution in [0.1, 0.15) is 32.6 Å². The van der Waals surface area contributed by atoms with Gasteiger partial charge in [-0.25, -0.2) is 0 Å². The first kappa shape index (κ1) is 10.2. The van der Waals surface area contributed by atoms with Crippen molar-refractivity contribution < 1.29 is 19.8 Å². The van der Waals surface area contributed by atoms with Gasteiger partial charge >= 0.3 is 5.97 Å². The second-order valence-electron chi connectivity index (χ2n) is 4.02. The van der Waals surface area contributed by atoms with Gasteiger partial charge in [0, 0.05) is 12.8 Å². The van der Waals surface area contributed by atoms with E-state index in [0.717, 1.165) is 0 Å². The Morgan fingerprint density at radius 3 is 2.77 bits per heavy atom. The molecule has 4 nitrogen and oxygen atoms in total. The fourth-order valence-corrected chi connectivity index (χ4v) is 2.04. The quantitative estimate of drug-likeness (QED) is 0.661. The van der Waals surface area contributed by atoms with Crippen molar-refractivity contribution in [1.29, 1.82) is 0 Å². The standard InChI is InChI=1S/C9H14O4/c1-6-2-7(10)4-9(13,3-6)5-8(11)12/h6,13H,2-5H2,1H3,(H,11,12). The van der Waals surface area contributed by atoms with E-state index < -0.39 is 11.6 Å². The van der Waals surface area contributed by atoms with Gasteiger partial charge in [-0.15, -0.1) is 0 Å². The summed E-state index contributed by atoms with van der Waals surface area (Å²) in [4.78, 5) is 21.5. The van der Waals surface area contributed by atoms with Crippen LogP contribution in [0.15, 0.2) is 0 Å². The molecule has 0 aromatic heterocycles. The maximum atomic E-state index is 11.1. The lowest BCUT2D eigenvalue weighted by atomic mass is 9.76. The van der Waals surface area contributed by atoms with Crippen molar-refractivity contribution in [2.75, 3.05) is 0 Å². The first-order valence-corrected chi connectivity index (χ1v) is 4.37. The summed E-state index contributed by atoms with van der Waals surface area (Å²) in [7, 11) is 0. The highest BCUT2D eigenvalue weighted by atomic mass is 16.4. The van der Waals surface area contributed by atoms with Crippen LogP contribution in [0.3, 0.4) is 0 Å². The molecule has 0 saturated heterocycles. The molecular formula is C9H14O4. The van der Waals surface area contributed by atoms with E-state index in [2.05, 4.69) is 0 Å². The highest BCUT2D eigenvalue weighted by Gasteiger charge is 2.38. The van der Waals surface area contributed by atoms with Gasteiger partial charge in [-0.05, 0) is 12.3 Å². The molecule has 1 fully saturated rings. The Balaban J connectivity index is 2.66. The Morgan fingerprint density at radius 1 is 1.69 bits per heavy atom.